The smallest absolute Gasteiger partial charge is 0.234 e. The highest BCUT2D eigenvalue weighted by Gasteiger charge is 2.40. The fraction of sp³-hybridized carbons (Fsp3) is 0.727. The van der Waals surface area contributed by atoms with E-state index in [0.29, 0.717) is 63.6 Å². The lowest BCUT2D eigenvalue weighted by Gasteiger charge is -2.40. The number of aromatic nitrogens is 1. The third-order valence-corrected chi connectivity index (χ3v) is 9.63. The highest BCUT2D eigenvalue weighted by atomic mass is 32.2. The number of pyridine rings is 1. The van der Waals surface area contributed by atoms with Crippen LogP contribution in [0.4, 0.5) is 15.8 Å². The van der Waals surface area contributed by atoms with E-state index in [2.05, 4.69) is 20.8 Å². The van der Waals surface area contributed by atoms with E-state index in [4.69, 9.17) is 10.5 Å². The van der Waals surface area contributed by atoms with Gasteiger partial charge in [0.25, 0.3) is 0 Å². The summed E-state index contributed by atoms with van der Waals surface area (Å²) in [5, 5.41) is 8.21. The second-order valence-electron chi connectivity index (χ2n) is 9.64. The molecule has 0 spiro atoms. The number of piperazine rings is 1. The highest BCUT2D eigenvalue weighted by Crippen LogP contribution is 2.29. The predicted molar refractivity (Wildman–Crippen MR) is 136 cm³/mol. The Labute approximate surface area is 215 Å². The summed E-state index contributed by atoms with van der Waals surface area (Å²) in [6, 6.07) is 1.74. The summed E-state index contributed by atoms with van der Waals surface area (Å²) in [5.74, 6) is -1.63. The Morgan fingerprint density at radius 2 is 2.00 bits per heavy atom. The lowest BCUT2D eigenvalue weighted by atomic mass is 9.98. The molecular formula is C22H35FN8O5S. The van der Waals surface area contributed by atoms with Crippen molar-refractivity contribution in [2.75, 3.05) is 69.7 Å². The third kappa shape index (κ3) is 6.23. The van der Waals surface area contributed by atoms with Gasteiger partial charge in [0.1, 0.15) is 12.1 Å². The molecule has 3 saturated heterocycles. The van der Waals surface area contributed by atoms with Gasteiger partial charge >= 0.3 is 0 Å². The number of nitrogens with zero attached hydrogens (tertiary/aromatic N) is 5. The van der Waals surface area contributed by atoms with Crippen LogP contribution in [0.1, 0.15) is 12.8 Å². The average molecular weight is 543 g/mol. The number of nitrogens with one attached hydrogen (secondary N) is 2. The molecule has 1 aromatic heterocycles. The lowest BCUT2D eigenvalue weighted by Crippen LogP contribution is -2.62. The zero-order valence-corrected chi connectivity index (χ0v) is 21.6. The molecule has 4 N–H and O–H groups in total. The molecule has 3 aliphatic heterocycles. The fourth-order valence-electron chi connectivity index (χ4n) is 5.19. The van der Waals surface area contributed by atoms with Gasteiger partial charge < -0.3 is 20.7 Å². The number of carbonyl (C=O) groups is 1. The molecule has 4 atom stereocenters. The molecule has 15 heteroatoms. The van der Waals surface area contributed by atoms with Crippen LogP contribution < -0.4 is 21.3 Å². The number of nitrogens with two attached hydrogens (primary N) is 1. The van der Waals surface area contributed by atoms with Crippen molar-refractivity contribution < 1.29 is 22.3 Å². The van der Waals surface area contributed by atoms with Crippen LogP contribution in [0.15, 0.2) is 23.6 Å². The van der Waals surface area contributed by atoms with Crippen LogP contribution in [-0.4, -0.2) is 112 Å². The minimum Gasteiger partial charge on any atom is -0.381 e. The second kappa shape index (κ2) is 12.0. The molecule has 4 rings (SSSR count). The molecule has 37 heavy (non-hydrogen) atoms. The first-order chi connectivity index (χ1) is 17.7. The number of halogens is 1. The Kier molecular flexibility index (Phi) is 9.03. The largest absolute Gasteiger partial charge is 0.381 e. The lowest BCUT2D eigenvalue weighted by molar-refractivity contribution is -0.124. The van der Waals surface area contributed by atoms with E-state index in [1.54, 1.807) is 24.2 Å². The molecule has 206 valence electrons. The van der Waals surface area contributed by atoms with Crippen LogP contribution >= 0.6 is 0 Å². The molecule has 1 amide bonds. The minimum atomic E-state index is -3.41. The maximum atomic E-state index is 13.8. The average Bonchev–Trinajstić information content (AvgIpc) is 2.91. The Balaban J connectivity index is 1.45. The van der Waals surface area contributed by atoms with E-state index in [0.717, 1.165) is 0 Å². The van der Waals surface area contributed by atoms with Crippen molar-refractivity contribution in [3.63, 3.8) is 0 Å². The molecule has 3 fully saturated rings. The predicted octanol–water partition coefficient (Wildman–Crippen LogP) is -0.482. The molecule has 0 aliphatic carbocycles. The van der Waals surface area contributed by atoms with Gasteiger partial charge in [0.05, 0.1) is 29.0 Å². The highest BCUT2D eigenvalue weighted by molar-refractivity contribution is 7.89. The van der Waals surface area contributed by atoms with Crippen molar-refractivity contribution in [1.82, 2.24) is 19.5 Å². The Bertz CT molecular complexity index is 1050. The first-order valence-electron chi connectivity index (χ1n) is 12.4. The van der Waals surface area contributed by atoms with E-state index >= 15 is 0 Å². The number of amides is 1. The molecule has 0 bridgehead atoms. The fourth-order valence-corrected chi connectivity index (χ4v) is 7.07. The van der Waals surface area contributed by atoms with E-state index in [1.807, 2.05) is 4.90 Å². The Morgan fingerprint density at radius 1 is 1.30 bits per heavy atom. The van der Waals surface area contributed by atoms with Crippen LogP contribution in [0, 0.1) is 10.8 Å². The summed E-state index contributed by atoms with van der Waals surface area (Å²) in [5.41, 5.74) is 6.98. The molecule has 13 nitrogen and oxygen atoms in total. The normalized spacial score (nSPS) is 26.4. The van der Waals surface area contributed by atoms with Crippen LogP contribution in [0.25, 0.3) is 0 Å². The number of sulfonamides is 1. The zero-order chi connectivity index (χ0) is 26.6. The third-order valence-electron chi connectivity index (χ3n) is 7.23. The molecule has 4 unspecified atom stereocenters. The molecule has 0 saturated carbocycles. The van der Waals surface area contributed by atoms with Gasteiger partial charge in [0, 0.05) is 58.7 Å². The Hall–Kier alpha value is -2.30. The van der Waals surface area contributed by atoms with E-state index in [9.17, 15) is 22.5 Å². The summed E-state index contributed by atoms with van der Waals surface area (Å²) >= 11 is 0. The van der Waals surface area contributed by atoms with Gasteiger partial charge in [-0.15, -0.1) is 4.91 Å². The van der Waals surface area contributed by atoms with Crippen molar-refractivity contribution in [2.24, 2.45) is 16.8 Å². The van der Waals surface area contributed by atoms with Crippen LogP contribution in [0.3, 0.4) is 0 Å². The van der Waals surface area contributed by atoms with Crippen molar-refractivity contribution >= 4 is 27.3 Å². The number of carbonyl (C=O) groups excluding carboxylic acids is 1. The zero-order valence-electron chi connectivity index (χ0n) is 20.8. The summed E-state index contributed by atoms with van der Waals surface area (Å²) in [6.07, 6.45) is 0.936. The number of rotatable bonds is 8. The molecule has 4 heterocycles. The van der Waals surface area contributed by atoms with Crippen molar-refractivity contribution in [2.45, 2.75) is 36.6 Å². The molecule has 0 aromatic carbocycles. The quantitative estimate of drug-likeness (QED) is 0.366. The summed E-state index contributed by atoms with van der Waals surface area (Å²) in [6.45, 7) is 2.52. The van der Waals surface area contributed by atoms with E-state index in [1.165, 1.54) is 10.5 Å². The van der Waals surface area contributed by atoms with Gasteiger partial charge in [-0.2, -0.15) is 4.31 Å². The van der Waals surface area contributed by atoms with Crippen molar-refractivity contribution in [3.8, 4) is 0 Å². The van der Waals surface area contributed by atoms with E-state index < -0.39 is 45.6 Å². The van der Waals surface area contributed by atoms with Gasteiger partial charge in [-0.3, -0.25) is 20.0 Å². The summed E-state index contributed by atoms with van der Waals surface area (Å²) < 4.78 is 46.8. The topological polar surface area (TPSA) is 163 Å². The number of ether oxygens (including phenoxy) is 1. The van der Waals surface area contributed by atoms with Crippen LogP contribution in [-0.2, 0) is 19.6 Å². The maximum Gasteiger partial charge on any atom is 0.234 e. The van der Waals surface area contributed by atoms with Crippen molar-refractivity contribution in [1.29, 1.82) is 0 Å². The van der Waals surface area contributed by atoms with Gasteiger partial charge in [-0.25, -0.2) is 12.8 Å². The summed E-state index contributed by atoms with van der Waals surface area (Å²) in [4.78, 5) is 32.3. The minimum absolute atomic E-state index is 0.0313. The number of hydrogen-bond donors (Lipinski definition) is 3. The second-order valence-corrected chi connectivity index (χ2v) is 11.8. The van der Waals surface area contributed by atoms with Crippen LogP contribution in [0.2, 0.25) is 0 Å². The van der Waals surface area contributed by atoms with Crippen molar-refractivity contribution in [3.05, 3.63) is 23.4 Å². The molecule has 0 radical (unpaired) electrons. The first-order valence-corrected chi connectivity index (χ1v) is 13.9. The van der Waals surface area contributed by atoms with Gasteiger partial charge in [-0.1, -0.05) is 5.18 Å². The number of anilines is 2. The molecule has 3 aliphatic rings. The van der Waals surface area contributed by atoms with Gasteiger partial charge in [-0.05, 0) is 26.0 Å². The van der Waals surface area contributed by atoms with Gasteiger partial charge in [0.2, 0.25) is 15.9 Å². The monoisotopic (exact) mass is 542 g/mol. The molecular weight excluding hydrogens is 507 g/mol. The SMILES string of the molecule is CN1CC(F)CNC1C(C(=O)Nc1cnccc1N1CCN(S(=O)(=O)C2CCOCC2)CC1)C(N)N=O. The molecule has 1 aromatic rings. The maximum absolute atomic E-state index is 13.8. The van der Waals surface area contributed by atoms with E-state index in [-0.39, 0.29) is 13.1 Å². The van der Waals surface area contributed by atoms with Crippen LogP contribution in [0.5, 0.6) is 0 Å². The Morgan fingerprint density at radius 3 is 2.65 bits per heavy atom. The first kappa shape index (κ1) is 27.7. The number of nitroso groups, excluding NO2 is 1. The summed E-state index contributed by atoms with van der Waals surface area (Å²) in [7, 11) is -1.77. The number of hydrogen-bond acceptors (Lipinski definition) is 11. The van der Waals surface area contributed by atoms with Gasteiger partial charge in [0.15, 0.2) is 6.17 Å². The number of alkyl halides is 1. The standard InChI is InChI=1S/C22H35FN8O5S/c1-29-14-15(23)12-26-21(29)19(20(24)28-33)22(32)27-17-13-25-5-2-18(17)30-6-8-31(9-7-30)37(34,35)16-3-10-36-11-4-16/h2,5,13,15-16,19-21,26H,3-4,6-12,14,24H2,1H3,(H,27,32).